The van der Waals surface area contributed by atoms with Gasteiger partial charge in [0.2, 0.25) is 0 Å². The average Bonchev–Trinajstić information content (AvgIpc) is 3.41. The third kappa shape index (κ3) is 6.13. The Hall–Kier alpha value is -4.58. The molecular weight excluding hydrogens is 605 g/mol. The molecule has 0 aliphatic carbocycles. The van der Waals surface area contributed by atoms with E-state index in [2.05, 4.69) is 10.2 Å². The van der Waals surface area contributed by atoms with Crippen molar-refractivity contribution < 1.29 is 31.5 Å². The number of para-hydroxylation sites is 1. The first-order valence-corrected chi connectivity index (χ1v) is 15.1. The van der Waals surface area contributed by atoms with E-state index in [0.29, 0.717) is 60.8 Å². The van der Waals surface area contributed by atoms with E-state index in [1.165, 1.54) is 35.2 Å². The van der Waals surface area contributed by atoms with Gasteiger partial charge in [-0.2, -0.15) is 18.3 Å². The second-order valence-electron chi connectivity index (χ2n) is 11.5. The Morgan fingerprint density at radius 1 is 0.978 bits per heavy atom. The number of hydrogen-bond acceptors (Lipinski definition) is 4. The summed E-state index contributed by atoms with van der Waals surface area (Å²) in [6.07, 6.45) is -4.81. The molecule has 0 bridgehead atoms. The highest BCUT2D eigenvalue weighted by atomic mass is 19.4. The number of likely N-dealkylation sites (tertiary alicyclic amines) is 1. The molecule has 0 saturated carbocycles. The van der Waals surface area contributed by atoms with Gasteiger partial charge in [0.25, 0.3) is 11.8 Å². The largest absolute Gasteiger partial charge is 0.416 e. The highest BCUT2D eigenvalue weighted by molar-refractivity contribution is 6.05. The van der Waals surface area contributed by atoms with E-state index in [0.717, 1.165) is 18.2 Å². The Labute approximate surface area is 262 Å². The number of carbonyl (C=O) groups is 2. The summed E-state index contributed by atoms with van der Waals surface area (Å²) in [5, 5.41) is 7.71. The van der Waals surface area contributed by atoms with Gasteiger partial charge >= 0.3 is 6.18 Å². The number of piperidine rings is 1. The molecule has 1 fully saturated rings. The number of hydrogen-bond donors (Lipinski definition) is 1. The Morgan fingerprint density at radius 3 is 2.33 bits per heavy atom. The van der Waals surface area contributed by atoms with Gasteiger partial charge in [0.05, 0.1) is 16.9 Å². The Morgan fingerprint density at radius 2 is 1.67 bits per heavy atom. The van der Waals surface area contributed by atoms with Crippen LogP contribution in [0, 0.1) is 5.82 Å². The van der Waals surface area contributed by atoms with Crippen LogP contribution in [0.15, 0.2) is 78.9 Å². The monoisotopic (exact) mass is 637 g/mol. The SMILES string of the molecule is CCN1C(=O)C(NC(=O)c2cccc(C(F)(F)F)c2)C(c2ccc(F)cc2)c2c(CN3CCC(F)CC3)nn(-c3ccccc3)c21. The first-order chi connectivity index (χ1) is 22.0. The van der Waals surface area contributed by atoms with Crippen LogP contribution in [0.5, 0.6) is 0 Å². The van der Waals surface area contributed by atoms with E-state index in [9.17, 15) is 31.5 Å². The van der Waals surface area contributed by atoms with Crippen molar-refractivity contribution in [3.63, 3.8) is 0 Å². The molecule has 0 spiro atoms. The highest BCUT2D eigenvalue weighted by Crippen LogP contribution is 2.44. The van der Waals surface area contributed by atoms with Crippen LogP contribution in [0.4, 0.5) is 27.8 Å². The molecular formula is C34H32F5N5O2. The molecule has 2 aliphatic rings. The Balaban J connectivity index is 1.51. The van der Waals surface area contributed by atoms with Crippen molar-refractivity contribution in [2.24, 2.45) is 0 Å². The van der Waals surface area contributed by atoms with Gasteiger partial charge in [0.15, 0.2) is 0 Å². The van der Waals surface area contributed by atoms with Gasteiger partial charge in [-0.15, -0.1) is 0 Å². The van der Waals surface area contributed by atoms with Crippen molar-refractivity contribution in [3.05, 3.63) is 113 Å². The maximum atomic E-state index is 14.3. The quantitative estimate of drug-likeness (QED) is 0.243. The minimum Gasteiger partial charge on any atom is -0.339 e. The minimum absolute atomic E-state index is 0.198. The number of amides is 2. The lowest BCUT2D eigenvalue weighted by molar-refractivity contribution is -0.137. The van der Waals surface area contributed by atoms with Crippen LogP contribution in [-0.2, 0) is 17.5 Å². The Bertz CT molecular complexity index is 1720. The van der Waals surface area contributed by atoms with Crippen LogP contribution in [0.3, 0.4) is 0 Å². The molecule has 46 heavy (non-hydrogen) atoms. The number of carbonyl (C=O) groups excluding carboxylic acids is 2. The third-order valence-electron chi connectivity index (χ3n) is 8.58. The molecule has 6 rings (SSSR count). The number of halogens is 5. The fourth-order valence-corrected chi connectivity index (χ4v) is 6.30. The molecule has 3 heterocycles. The number of benzene rings is 3. The van der Waals surface area contributed by atoms with Gasteiger partial charge < -0.3 is 5.32 Å². The third-order valence-corrected chi connectivity index (χ3v) is 8.58. The molecule has 2 amide bonds. The van der Waals surface area contributed by atoms with Crippen LogP contribution in [0.1, 0.15) is 58.4 Å². The minimum atomic E-state index is -4.67. The standard InChI is InChI=1S/C34H32F5N5O2/c1-2-43-32-29(27(20-42-17-15-25(36)16-18-42)41-44(32)26-9-4-3-5-10-26)28(21-11-13-24(35)14-12-21)30(33(43)46)40-31(45)22-7-6-8-23(19-22)34(37,38)39/h3-14,19,25,28,30H,2,15-18,20H2,1H3,(H,40,45). The number of rotatable bonds is 7. The van der Waals surface area contributed by atoms with Crippen molar-refractivity contribution in [1.29, 1.82) is 0 Å². The molecule has 2 atom stereocenters. The summed E-state index contributed by atoms with van der Waals surface area (Å²) in [6, 6.07) is 17.5. The van der Waals surface area contributed by atoms with E-state index in [4.69, 9.17) is 5.10 Å². The lowest BCUT2D eigenvalue weighted by atomic mass is 9.80. The molecule has 0 radical (unpaired) electrons. The van der Waals surface area contributed by atoms with Crippen molar-refractivity contribution in [3.8, 4) is 5.69 Å². The average molecular weight is 638 g/mol. The fourth-order valence-electron chi connectivity index (χ4n) is 6.30. The summed E-state index contributed by atoms with van der Waals surface area (Å²) in [5.41, 5.74) is 1.15. The molecule has 2 aliphatic heterocycles. The molecule has 1 saturated heterocycles. The summed E-state index contributed by atoms with van der Waals surface area (Å²) in [6.45, 7) is 3.30. The van der Waals surface area contributed by atoms with Gasteiger partial charge in [0.1, 0.15) is 23.8 Å². The van der Waals surface area contributed by atoms with E-state index in [1.807, 2.05) is 30.3 Å². The maximum Gasteiger partial charge on any atom is 0.416 e. The van der Waals surface area contributed by atoms with Crippen molar-refractivity contribution in [1.82, 2.24) is 20.0 Å². The number of anilines is 1. The number of nitrogens with one attached hydrogen (secondary N) is 1. The van der Waals surface area contributed by atoms with Gasteiger partial charge in [-0.25, -0.2) is 13.5 Å². The van der Waals surface area contributed by atoms with E-state index < -0.39 is 47.5 Å². The number of nitrogens with zero attached hydrogens (tertiary/aromatic N) is 4. The first kappa shape index (κ1) is 31.4. The van der Waals surface area contributed by atoms with Crippen LogP contribution in [-0.4, -0.2) is 58.3 Å². The normalized spacial score (nSPS) is 19.3. The zero-order valence-corrected chi connectivity index (χ0v) is 25.0. The molecule has 2 unspecified atom stereocenters. The number of alkyl halides is 4. The van der Waals surface area contributed by atoms with Crippen molar-refractivity contribution in [2.75, 3.05) is 24.5 Å². The highest BCUT2D eigenvalue weighted by Gasteiger charge is 2.46. The van der Waals surface area contributed by atoms with Crippen LogP contribution in [0.25, 0.3) is 5.69 Å². The zero-order chi connectivity index (χ0) is 32.6. The van der Waals surface area contributed by atoms with Gasteiger partial charge in [-0.05, 0) is 67.8 Å². The van der Waals surface area contributed by atoms with Gasteiger partial charge in [-0.3, -0.25) is 19.4 Å². The molecule has 240 valence electrons. The van der Waals surface area contributed by atoms with Gasteiger partial charge in [0, 0.05) is 43.2 Å². The van der Waals surface area contributed by atoms with Crippen molar-refractivity contribution in [2.45, 2.75) is 50.6 Å². The molecule has 3 aromatic carbocycles. The summed E-state index contributed by atoms with van der Waals surface area (Å²) in [4.78, 5) is 31.5. The topological polar surface area (TPSA) is 70.5 Å². The van der Waals surface area contributed by atoms with E-state index >= 15 is 0 Å². The first-order valence-electron chi connectivity index (χ1n) is 15.1. The van der Waals surface area contributed by atoms with E-state index in [1.54, 1.807) is 11.6 Å². The predicted octanol–water partition coefficient (Wildman–Crippen LogP) is 6.26. The lowest BCUT2D eigenvalue weighted by Gasteiger charge is -2.39. The van der Waals surface area contributed by atoms with E-state index in [-0.39, 0.29) is 12.1 Å². The summed E-state index contributed by atoms with van der Waals surface area (Å²) < 4.78 is 70.3. The molecule has 7 nitrogen and oxygen atoms in total. The summed E-state index contributed by atoms with van der Waals surface area (Å²) in [7, 11) is 0. The Kier molecular flexibility index (Phi) is 8.65. The van der Waals surface area contributed by atoms with Crippen LogP contribution >= 0.6 is 0 Å². The second-order valence-corrected chi connectivity index (χ2v) is 11.5. The second kappa shape index (κ2) is 12.7. The predicted molar refractivity (Wildman–Crippen MR) is 162 cm³/mol. The molecule has 4 aromatic rings. The maximum absolute atomic E-state index is 14.3. The lowest BCUT2D eigenvalue weighted by Crippen LogP contribution is -2.55. The number of aromatic nitrogens is 2. The molecule has 1 aromatic heterocycles. The molecule has 1 N–H and O–H groups in total. The van der Waals surface area contributed by atoms with Crippen LogP contribution in [0.2, 0.25) is 0 Å². The summed E-state index contributed by atoms with van der Waals surface area (Å²) >= 11 is 0. The van der Waals surface area contributed by atoms with Crippen molar-refractivity contribution >= 4 is 17.6 Å². The zero-order valence-electron chi connectivity index (χ0n) is 25.0. The van der Waals surface area contributed by atoms with Crippen LogP contribution < -0.4 is 10.2 Å². The van der Waals surface area contributed by atoms with Gasteiger partial charge in [-0.1, -0.05) is 36.4 Å². The number of fused-ring (bicyclic) bond motifs is 1. The fraction of sp³-hybridized carbons (Fsp3) is 0.324. The number of likely N-dealkylation sites (N-methyl/N-ethyl adjacent to an activating group) is 1. The summed E-state index contributed by atoms with van der Waals surface area (Å²) in [5.74, 6) is -2.25. The smallest absolute Gasteiger partial charge is 0.339 e. The molecule has 12 heteroatoms.